The van der Waals surface area contributed by atoms with E-state index in [9.17, 15) is 0 Å². The molecule has 12 heavy (non-hydrogen) atoms. The average molecular weight is 167 g/mol. The minimum absolute atomic E-state index is 0.380. The number of rotatable bonds is 1. The first-order valence-electron chi connectivity index (χ1n) is 5.00. The van der Waals surface area contributed by atoms with Gasteiger partial charge in [-0.1, -0.05) is 34.6 Å². The summed E-state index contributed by atoms with van der Waals surface area (Å²) in [5.74, 6) is 0.870. The second kappa shape index (κ2) is 1.75. The molecule has 0 aromatic heterocycles. The van der Waals surface area contributed by atoms with Crippen LogP contribution in [0.25, 0.3) is 0 Å². The van der Waals surface area contributed by atoms with Crippen molar-refractivity contribution >= 4 is 0 Å². The van der Waals surface area contributed by atoms with Crippen LogP contribution in [0.4, 0.5) is 0 Å². The summed E-state index contributed by atoms with van der Waals surface area (Å²) >= 11 is 0. The normalized spacial score (nSPS) is 53.5. The Morgan fingerprint density at radius 3 is 1.50 bits per heavy atom. The van der Waals surface area contributed by atoms with E-state index < -0.39 is 0 Å². The van der Waals surface area contributed by atoms with Gasteiger partial charge in [0.2, 0.25) is 0 Å². The Kier molecular flexibility index (Phi) is 1.24. The molecule has 70 valence electrons. The first kappa shape index (κ1) is 8.55. The fraction of sp³-hybridized carbons (Fsp3) is 1.00. The summed E-state index contributed by atoms with van der Waals surface area (Å²) in [6.07, 6.45) is 1.38. The molecular weight excluding hydrogens is 146 g/mol. The minimum Gasteiger partial charge on any atom is -0.327 e. The van der Waals surface area contributed by atoms with Crippen molar-refractivity contribution in [2.75, 3.05) is 0 Å². The highest BCUT2D eigenvalue weighted by Gasteiger charge is 2.75. The predicted molar refractivity (Wildman–Crippen MR) is 51.8 cm³/mol. The second-order valence-corrected chi connectivity index (χ2v) is 6.23. The van der Waals surface area contributed by atoms with Crippen LogP contribution < -0.4 is 5.73 Å². The zero-order valence-corrected chi connectivity index (χ0v) is 8.94. The zero-order valence-electron chi connectivity index (χ0n) is 8.94. The molecule has 0 saturated heterocycles. The molecular formula is C11H21N. The maximum atomic E-state index is 6.14. The van der Waals surface area contributed by atoms with Gasteiger partial charge in [0.25, 0.3) is 0 Å². The molecule has 0 aliphatic heterocycles. The molecule has 0 radical (unpaired) electrons. The molecule has 3 unspecified atom stereocenters. The molecule has 2 rings (SSSR count). The van der Waals surface area contributed by atoms with E-state index in [1.54, 1.807) is 0 Å². The van der Waals surface area contributed by atoms with E-state index >= 15 is 0 Å². The molecule has 2 N–H and O–H groups in total. The molecule has 0 amide bonds. The maximum Gasteiger partial charge on any atom is 0.0159 e. The fourth-order valence-corrected chi connectivity index (χ4v) is 3.22. The van der Waals surface area contributed by atoms with Crippen molar-refractivity contribution in [2.45, 2.75) is 47.1 Å². The molecule has 0 aromatic carbocycles. The molecule has 2 fully saturated rings. The van der Waals surface area contributed by atoms with E-state index in [2.05, 4.69) is 34.6 Å². The van der Waals surface area contributed by atoms with Crippen LogP contribution in [0.5, 0.6) is 0 Å². The van der Waals surface area contributed by atoms with Gasteiger partial charge in [-0.2, -0.15) is 0 Å². The summed E-state index contributed by atoms with van der Waals surface area (Å²) in [4.78, 5) is 0. The van der Waals surface area contributed by atoms with Crippen LogP contribution >= 0.6 is 0 Å². The Hall–Kier alpha value is -0.0400. The second-order valence-electron chi connectivity index (χ2n) is 6.23. The summed E-state index contributed by atoms with van der Waals surface area (Å²) in [6.45, 7) is 11.7. The summed E-state index contributed by atoms with van der Waals surface area (Å²) < 4.78 is 0. The van der Waals surface area contributed by atoms with Crippen molar-refractivity contribution in [1.82, 2.24) is 0 Å². The van der Waals surface area contributed by atoms with Gasteiger partial charge in [-0.3, -0.25) is 0 Å². The molecule has 0 heterocycles. The first-order valence-corrected chi connectivity index (χ1v) is 5.00. The quantitative estimate of drug-likeness (QED) is 0.637. The molecule has 0 aromatic rings. The third kappa shape index (κ3) is 0.693. The number of hydrogen-bond donors (Lipinski definition) is 1. The lowest BCUT2D eigenvalue weighted by Crippen LogP contribution is -2.14. The lowest BCUT2D eigenvalue weighted by Gasteiger charge is -2.15. The zero-order chi connectivity index (χ0) is 9.36. The molecule has 2 aliphatic carbocycles. The Labute approximate surface area is 75.7 Å². The molecule has 3 atom stereocenters. The molecule has 1 heteroatoms. The minimum atomic E-state index is 0.380. The van der Waals surface area contributed by atoms with Crippen LogP contribution in [0, 0.1) is 22.2 Å². The highest BCUT2D eigenvalue weighted by Crippen LogP contribution is 2.76. The summed E-state index contributed by atoms with van der Waals surface area (Å²) in [5.41, 5.74) is 7.52. The Morgan fingerprint density at radius 1 is 1.08 bits per heavy atom. The number of nitrogens with two attached hydrogens (primary N) is 1. The highest BCUT2D eigenvalue weighted by molar-refractivity contribution is 5.26. The average Bonchev–Trinajstić information content (AvgIpc) is 2.66. The van der Waals surface area contributed by atoms with E-state index in [4.69, 9.17) is 5.73 Å². The molecule has 2 aliphatic rings. The summed E-state index contributed by atoms with van der Waals surface area (Å²) in [7, 11) is 0. The van der Waals surface area contributed by atoms with Crippen molar-refractivity contribution in [3.63, 3.8) is 0 Å². The van der Waals surface area contributed by atoms with E-state index in [1.807, 2.05) is 0 Å². The van der Waals surface area contributed by atoms with Crippen LogP contribution in [-0.2, 0) is 0 Å². The first-order chi connectivity index (χ1) is 5.24. The van der Waals surface area contributed by atoms with Gasteiger partial charge < -0.3 is 5.73 Å². The third-order valence-electron chi connectivity index (χ3n) is 4.97. The lowest BCUT2D eigenvalue weighted by molar-refractivity contribution is 0.321. The topological polar surface area (TPSA) is 26.0 Å². The van der Waals surface area contributed by atoms with Crippen LogP contribution in [-0.4, -0.2) is 6.04 Å². The van der Waals surface area contributed by atoms with Crippen molar-refractivity contribution in [2.24, 2.45) is 27.9 Å². The Morgan fingerprint density at radius 2 is 1.42 bits per heavy atom. The standard InChI is InChI=1S/C11H21N/c1-9(2)6-7(9)11(5)8(12)10(11,3)4/h7-8H,6,12H2,1-5H3. The Balaban J connectivity index is 2.18. The maximum absolute atomic E-state index is 6.14. The lowest BCUT2D eigenvalue weighted by atomic mass is 9.89. The van der Waals surface area contributed by atoms with Crippen molar-refractivity contribution < 1.29 is 0 Å². The smallest absolute Gasteiger partial charge is 0.0159 e. The van der Waals surface area contributed by atoms with Crippen LogP contribution in [0.2, 0.25) is 0 Å². The number of hydrogen-bond acceptors (Lipinski definition) is 1. The molecule has 1 nitrogen and oxygen atoms in total. The Bertz CT molecular complexity index is 229. The summed E-state index contributed by atoms with van der Waals surface area (Å²) in [5, 5.41) is 0. The van der Waals surface area contributed by atoms with E-state index in [0.29, 0.717) is 22.3 Å². The van der Waals surface area contributed by atoms with Crippen molar-refractivity contribution in [3.05, 3.63) is 0 Å². The van der Waals surface area contributed by atoms with Gasteiger partial charge in [-0.25, -0.2) is 0 Å². The van der Waals surface area contributed by atoms with Gasteiger partial charge in [0, 0.05) is 6.04 Å². The van der Waals surface area contributed by atoms with Crippen LogP contribution in [0.15, 0.2) is 0 Å². The van der Waals surface area contributed by atoms with E-state index in [0.717, 1.165) is 5.92 Å². The van der Waals surface area contributed by atoms with Gasteiger partial charge in [0.05, 0.1) is 0 Å². The van der Waals surface area contributed by atoms with Crippen molar-refractivity contribution in [3.8, 4) is 0 Å². The highest BCUT2D eigenvalue weighted by atomic mass is 14.9. The molecule has 0 bridgehead atoms. The monoisotopic (exact) mass is 167 g/mol. The summed E-state index contributed by atoms with van der Waals surface area (Å²) in [6, 6.07) is 0.428. The van der Waals surface area contributed by atoms with Crippen LogP contribution in [0.3, 0.4) is 0 Å². The van der Waals surface area contributed by atoms with Crippen LogP contribution in [0.1, 0.15) is 41.0 Å². The predicted octanol–water partition coefficient (Wildman–Crippen LogP) is 2.41. The third-order valence-corrected chi connectivity index (χ3v) is 4.97. The van der Waals surface area contributed by atoms with E-state index in [-0.39, 0.29) is 0 Å². The molecule has 0 spiro atoms. The SMILES string of the molecule is CC1(C)CC1C1(C)C(N)C1(C)C. The largest absolute Gasteiger partial charge is 0.327 e. The fourth-order valence-electron chi connectivity index (χ4n) is 3.22. The van der Waals surface area contributed by atoms with Gasteiger partial charge in [-0.05, 0) is 28.6 Å². The van der Waals surface area contributed by atoms with Gasteiger partial charge in [-0.15, -0.1) is 0 Å². The van der Waals surface area contributed by atoms with Gasteiger partial charge >= 0.3 is 0 Å². The van der Waals surface area contributed by atoms with Crippen molar-refractivity contribution in [1.29, 1.82) is 0 Å². The molecule has 2 saturated carbocycles. The van der Waals surface area contributed by atoms with Gasteiger partial charge in [0.1, 0.15) is 0 Å². The van der Waals surface area contributed by atoms with E-state index in [1.165, 1.54) is 6.42 Å². The van der Waals surface area contributed by atoms with Gasteiger partial charge in [0.15, 0.2) is 0 Å².